The van der Waals surface area contributed by atoms with Crippen molar-refractivity contribution in [2.75, 3.05) is 44.2 Å². The molecule has 0 bridgehead atoms. The van der Waals surface area contributed by atoms with E-state index in [1.165, 1.54) is 6.07 Å². The van der Waals surface area contributed by atoms with Crippen LogP contribution in [0, 0.1) is 11.7 Å². The van der Waals surface area contributed by atoms with Gasteiger partial charge in [0.25, 0.3) is 0 Å². The van der Waals surface area contributed by atoms with Crippen LogP contribution in [0.4, 0.5) is 10.1 Å². The largest absolute Gasteiger partial charge is 0.367 e. The van der Waals surface area contributed by atoms with Gasteiger partial charge < -0.3 is 9.80 Å². The second kappa shape index (κ2) is 8.17. The zero-order valence-corrected chi connectivity index (χ0v) is 15.5. The first-order chi connectivity index (χ1) is 12.0. The average Bonchev–Trinajstić information content (AvgIpc) is 2.62. The highest BCUT2D eigenvalue weighted by Gasteiger charge is 2.29. The summed E-state index contributed by atoms with van der Waals surface area (Å²) in [5.74, 6) is 0.599. The number of rotatable bonds is 4. The Morgan fingerprint density at radius 3 is 2.32 bits per heavy atom. The maximum Gasteiger partial charge on any atom is 0.222 e. The fourth-order valence-electron chi connectivity index (χ4n) is 3.99. The molecule has 138 valence electrons. The van der Waals surface area contributed by atoms with Crippen molar-refractivity contribution in [3.05, 3.63) is 30.1 Å². The van der Waals surface area contributed by atoms with Crippen LogP contribution in [-0.2, 0) is 4.79 Å². The summed E-state index contributed by atoms with van der Waals surface area (Å²) in [5.41, 5.74) is 0.719. The Morgan fingerprint density at radius 1 is 1.08 bits per heavy atom. The first-order valence-electron chi connectivity index (χ1n) is 9.56. The van der Waals surface area contributed by atoms with E-state index in [1.54, 1.807) is 6.07 Å². The summed E-state index contributed by atoms with van der Waals surface area (Å²) in [6.45, 7) is 9.63. The van der Waals surface area contributed by atoms with Gasteiger partial charge in [-0.25, -0.2) is 4.39 Å². The summed E-state index contributed by atoms with van der Waals surface area (Å²) < 4.78 is 13.9. The molecule has 5 heteroatoms. The number of anilines is 1. The van der Waals surface area contributed by atoms with E-state index < -0.39 is 0 Å². The SMILES string of the molecule is CC(C)CC(=O)N1CCC(N2CCN(c3ccccc3F)CC2)CC1. The van der Waals surface area contributed by atoms with Gasteiger partial charge >= 0.3 is 0 Å². The number of nitrogens with zero attached hydrogens (tertiary/aromatic N) is 3. The molecule has 2 aliphatic heterocycles. The molecule has 0 N–H and O–H groups in total. The third-order valence-corrected chi connectivity index (χ3v) is 5.42. The van der Waals surface area contributed by atoms with Crippen molar-refractivity contribution in [3.8, 4) is 0 Å². The molecule has 0 unspecified atom stereocenters. The third kappa shape index (κ3) is 4.51. The molecule has 0 radical (unpaired) electrons. The summed E-state index contributed by atoms with van der Waals surface area (Å²) in [7, 11) is 0. The van der Waals surface area contributed by atoms with Gasteiger partial charge in [-0.15, -0.1) is 0 Å². The molecule has 2 saturated heterocycles. The number of amides is 1. The Hall–Kier alpha value is -1.62. The Kier molecular flexibility index (Phi) is 5.94. The minimum atomic E-state index is -0.132. The predicted octanol–water partition coefficient (Wildman–Crippen LogP) is 2.98. The molecule has 0 aromatic heterocycles. The van der Waals surface area contributed by atoms with Crippen molar-refractivity contribution in [1.29, 1.82) is 0 Å². The highest BCUT2D eigenvalue weighted by Crippen LogP contribution is 2.23. The normalized spacial score (nSPS) is 20.3. The number of halogens is 1. The molecule has 0 aliphatic carbocycles. The predicted molar refractivity (Wildman–Crippen MR) is 99.2 cm³/mol. The number of carbonyl (C=O) groups excluding carboxylic acids is 1. The standard InChI is InChI=1S/C20H30FN3O/c1-16(2)15-20(25)24-9-7-17(8-10-24)22-11-13-23(14-12-22)19-6-4-3-5-18(19)21/h3-6,16-17H,7-15H2,1-2H3. The number of hydrogen-bond acceptors (Lipinski definition) is 3. The fourth-order valence-corrected chi connectivity index (χ4v) is 3.99. The Morgan fingerprint density at radius 2 is 1.72 bits per heavy atom. The second-order valence-corrected chi connectivity index (χ2v) is 7.68. The van der Waals surface area contributed by atoms with Crippen molar-refractivity contribution in [1.82, 2.24) is 9.80 Å². The van der Waals surface area contributed by atoms with Gasteiger partial charge in [-0.1, -0.05) is 26.0 Å². The topological polar surface area (TPSA) is 26.8 Å². The summed E-state index contributed by atoms with van der Waals surface area (Å²) in [6, 6.07) is 7.60. The van der Waals surface area contributed by atoms with Crippen LogP contribution in [0.15, 0.2) is 24.3 Å². The minimum Gasteiger partial charge on any atom is -0.367 e. The molecular weight excluding hydrogens is 317 g/mol. The van der Waals surface area contributed by atoms with Gasteiger partial charge in [0.05, 0.1) is 5.69 Å². The molecular formula is C20H30FN3O. The van der Waals surface area contributed by atoms with Crippen LogP contribution in [0.1, 0.15) is 33.1 Å². The maximum absolute atomic E-state index is 13.9. The molecule has 2 heterocycles. The van der Waals surface area contributed by atoms with Gasteiger partial charge in [-0.3, -0.25) is 9.69 Å². The molecule has 2 aliphatic rings. The number of hydrogen-bond donors (Lipinski definition) is 0. The highest BCUT2D eigenvalue weighted by molar-refractivity contribution is 5.76. The van der Waals surface area contributed by atoms with E-state index in [-0.39, 0.29) is 5.82 Å². The summed E-state index contributed by atoms with van der Waals surface area (Å²) >= 11 is 0. The van der Waals surface area contributed by atoms with Crippen LogP contribution < -0.4 is 4.90 Å². The molecule has 1 aromatic rings. The number of benzene rings is 1. The monoisotopic (exact) mass is 347 g/mol. The number of likely N-dealkylation sites (tertiary alicyclic amines) is 1. The van der Waals surface area contributed by atoms with Crippen LogP contribution in [0.2, 0.25) is 0 Å². The number of para-hydroxylation sites is 1. The van der Waals surface area contributed by atoms with Gasteiger partial charge in [0.1, 0.15) is 5.82 Å². The van der Waals surface area contributed by atoms with E-state index in [0.717, 1.165) is 57.8 Å². The molecule has 3 rings (SSSR count). The van der Waals surface area contributed by atoms with Gasteiger partial charge in [0.2, 0.25) is 5.91 Å². The van der Waals surface area contributed by atoms with Crippen LogP contribution >= 0.6 is 0 Å². The maximum atomic E-state index is 13.9. The van der Waals surface area contributed by atoms with Crippen LogP contribution in [0.5, 0.6) is 0 Å². The van der Waals surface area contributed by atoms with Gasteiger partial charge in [0.15, 0.2) is 0 Å². The minimum absolute atomic E-state index is 0.132. The smallest absolute Gasteiger partial charge is 0.222 e. The van der Waals surface area contributed by atoms with E-state index in [9.17, 15) is 9.18 Å². The lowest BCUT2D eigenvalue weighted by Crippen LogP contribution is -2.54. The molecule has 4 nitrogen and oxygen atoms in total. The number of piperazine rings is 1. The Balaban J connectivity index is 1.47. The van der Waals surface area contributed by atoms with E-state index in [4.69, 9.17) is 0 Å². The van der Waals surface area contributed by atoms with Crippen molar-refractivity contribution in [2.45, 2.75) is 39.2 Å². The van der Waals surface area contributed by atoms with Crippen molar-refractivity contribution >= 4 is 11.6 Å². The zero-order chi connectivity index (χ0) is 17.8. The van der Waals surface area contributed by atoms with Crippen LogP contribution in [0.3, 0.4) is 0 Å². The lowest BCUT2D eigenvalue weighted by Gasteiger charge is -2.43. The summed E-state index contributed by atoms with van der Waals surface area (Å²) in [5, 5.41) is 0. The van der Waals surface area contributed by atoms with Gasteiger partial charge in [0, 0.05) is 51.7 Å². The number of piperidine rings is 1. The highest BCUT2D eigenvalue weighted by atomic mass is 19.1. The molecule has 25 heavy (non-hydrogen) atoms. The van der Waals surface area contributed by atoms with Crippen molar-refractivity contribution < 1.29 is 9.18 Å². The fraction of sp³-hybridized carbons (Fsp3) is 0.650. The summed E-state index contributed by atoms with van der Waals surface area (Å²) in [6.07, 6.45) is 2.78. The molecule has 0 atom stereocenters. The molecule has 1 aromatic carbocycles. The van der Waals surface area contributed by atoms with E-state index in [2.05, 4.69) is 23.6 Å². The lowest BCUT2D eigenvalue weighted by atomic mass is 10.0. The van der Waals surface area contributed by atoms with E-state index in [1.807, 2.05) is 17.0 Å². The van der Waals surface area contributed by atoms with E-state index >= 15 is 0 Å². The van der Waals surface area contributed by atoms with Crippen molar-refractivity contribution in [2.24, 2.45) is 5.92 Å². The summed E-state index contributed by atoms with van der Waals surface area (Å²) in [4.78, 5) is 18.9. The lowest BCUT2D eigenvalue weighted by molar-refractivity contribution is -0.133. The second-order valence-electron chi connectivity index (χ2n) is 7.68. The average molecular weight is 347 g/mol. The van der Waals surface area contributed by atoms with Crippen molar-refractivity contribution in [3.63, 3.8) is 0 Å². The zero-order valence-electron chi connectivity index (χ0n) is 15.5. The molecule has 0 saturated carbocycles. The third-order valence-electron chi connectivity index (χ3n) is 5.42. The first kappa shape index (κ1) is 18.2. The van der Waals surface area contributed by atoms with E-state index in [0.29, 0.717) is 24.3 Å². The molecule has 1 amide bonds. The van der Waals surface area contributed by atoms with Gasteiger partial charge in [-0.2, -0.15) is 0 Å². The Bertz CT molecular complexity index is 576. The Labute approximate surface area is 150 Å². The molecule has 0 spiro atoms. The molecule has 2 fully saturated rings. The first-order valence-corrected chi connectivity index (χ1v) is 9.56. The van der Waals surface area contributed by atoms with Crippen LogP contribution in [-0.4, -0.2) is 61.0 Å². The quantitative estimate of drug-likeness (QED) is 0.838. The van der Waals surface area contributed by atoms with Gasteiger partial charge in [-0.05, 0) is 30.9 Å². The number of carbonyl (C=O) groups is 1. The van der Waals surface area contributed by atoms with Crippen LogP contribution in [0.25, 0.3) is 0 Å².